The molecule has 0 nitrogen and oxygen atoms in total. The fourth-order valence-electron chi connectivity index (χ4n) is 0.971. The van der Waals surface area contributed by atoms with E-state index in [4.69, 9.17) is 0 Å². The van der Waals surface area contributed by atoms with Crippen LogP contribution in [0.1, 0.15) is 19.8 Å². The van der Waals surface area contributed by atoms with E-state index < -0.39 is 0 Å². The lowest BCUT2D eigenvalue weighted by molar-refractivity contribution is 0.739. The summed E-state index contributed by atoms with van der Waals surface area (Å²) in [5.41, 5.74) is 0. The molecule has 0 aliphatic heterocycles. The van der Waals surface area contributed by atoms with Crippen LogP contribution in [0.25, 0.3) is 0 Å². The van der Waals surface area contributed by atoms with Crippen molar-refractivity contribution in [2.75, 3.05) is 17.3 Å². The van der Waals surface area contributed by atoms with E-state index >= 15 is 0 Å². The smallest absolute Gasteiger partial charge is 0.0252 e. The van der Waals surface area contributed by atoms with Crippen molar-refractivity contribution in [3.8, 4) is 0 Å². The molecule has 0 rings (SSSR count). The molecular formula is C8H18S4. The minimum atomic E-state index is 0.498. The van der Waals surface area contributed by atoms with Crippen molar-refractivity contribution >= 4 is 49.6 Å². The third kappa shape index (κ3) is 5.95. The maximum atomic E-state index is 4.56. The Morgan fingerprint density at radius 2 is 2.00 bits per heavy atom. The molecule has 0 radical (unpaired) electrons. The predicted octanol–water partition coefficient (Wildman–Crippen LogP) is 3.05. The molecule has 0 aliphatic rings. The van der Waals surface area contributed by atoms with Gasteiger partial charge < -0.3 is 0 Å². The van der Waals surface area contributed by atoms with Gasteiger partial charge in [-0.05, 0) is 12.2 Å². The summed E-state index contributed by atoms with van der Waals surface area (Å²) in [6.45, 7) is 2.20. The molecule has 0 aromatic heterocycles. The number of hydrogen-bond acceptors (Lipinski definition) is 4. The predicted molar refractivity (Wildman–Crippen MR) is 71.6 cm³/mol. The highest BCUT2D eigenvalue weighted by Crippen LogP contribution is 2.23. The van der Waals surface area contributed by atoms with Gasteiger partial charge in [0.1, 0.15) is 0 Å². The third-order valence-electron chi connectivity index (χ3n) is 1.62. The summed E-state index contributed by atoms with van der Waals surface area (Å²) in [5, 5.41) is 1.08. The zero-order chi connectivity index (χ0) is 9.40. The summed E-state index contributed by atoms with van der Waals surface area (Å²) in [5.74, 6) is 2.98. The van der Waals surface area contributed by atoms with Crippen molar-refractivity contribution in [1.82, 2.24) is 0 Å². The number of hydrogen-bond donors (Lipinski definition) is 3. The van der Waals surface area contributed by atoms with E-state index in [1.165, 1.54) is 12.8 Å². The summed E-state index contributed by atoms with van der Waals surface area (Å²) in [7, 11) is 0. The van der Waals surface area contributed by atoms with Gasteiger partial charge in [-0.2, -0.15) is 49.6 Å². The Bertz CT molecular complexity index is 97.1. The van der Waals surface area contributed by atoms with Crippen LogP contribution in [0.3, 0.4) is 0 Å². The van der Waals surface area contributed by atoms with E-state index in [2.05, 4.69) is 44.8 Å². The second-order valence-electron chi connectivity index (χ2n) is 2.67. The second-order valence-corrected chi connectivity index (χ2v) is 5.49. The van der Waals surface area contributed by atoms with Crippen LogP contribution in [0.2, 0.25) is 0 Å². The number of thiol groups is 3. The van der Waals surface area contributed by atoms with Crippen molar-refractivity contribution in [1.29, 1.82) is 0 Å². The molecule has 0 amide bonds. The van der Waals surface area contributed by atoms with Crippen LogP contribution in [0, 0.1) is 0 Å². The van der Waals surface area contributed by atoms with Crippen LogP contribution >= 0.6 is 49.6 Å². The minimum absolute atomic E-state index is 0.498. The lowest BCUT2D eigenvalue weighted by Crippen LogP contribution is -2.20. The first-order valence-electron chi connectivity index (χ1n) is 4.27. The zero-order valence-electron chi connectivity index (χ0n) is 7.44. The molecule has 0 saturated heterocycles. The van der Waals surface area contributed by atoms with E-state index in [-0.39, 0.29) is 0 Å². The molecular weight excluding hydrogens is 224 g/mol. The molecule has 2 atom stereocenters. The Balaban J connectivity index is 3.62. The van der Waals surface area contributed by atoms with Gasteiger partial charge >= 0.3 is 0 Å². The monoisotopic (exact) mass is 242 g/mol. The zero-order valence-corrected chi connectivity index (χ0v) is 10.9. The molecule has 0 heterocycles. The molecule has 0 saturated carbocycles. The lowest BCUT2D eigenvalue weighted by Gasteiger charge is -2.20. The van der Waals surface area contributed by atoms with Crippen LogP contribution in [0.5, 0.6) is 0 Å². The van der Waals surface area contributed by atoms with Gasteiger partial charge in [-0.3, -0.25) is 0 Å². The van der Waals surface area contributed by atoms with E-state index in [1.54, 1.807) is 0 Å². The molecule has 0 aliphatic carbocycles. The van der Waals surface area contributed by atoms with E-state index in [0.29, 0.717) is 10.5 Å². The fraction of sp³-hybridized carbons (Fsp3) is 1.00. The average molecular weight is 242 g/mol. The molecule has 2 unspecified atom stereocenters. The van der Waals surface area contributed by atoms with Crippen LogP contribution < -0.4 is 0 Å². The van der Waals surface area contributed by atoms with Gasteiger partial charge in [0.25, 0.3) is 0 Å². The van der Waals surface area contributed by atoms with Gasteiger partial charge in [-0.25, -0.2) is 0 Å². The molecule has 0 aromatic rings. The second kappa shape index (κ2) is 8.97. The summed E-state index contributed by atoms with van der Waals surface area (Å²) in [4.78, 5) is 0. The van der Waals surface area contributed by atoms with E-state index in [0.717, 1.165) is 17.3 Å². The SMILES string of the molecule is CCCC(S)C(CS)SCCS. The normalized spacial score (nSPS) is 16.0. The van der Waals surface area contributed by atoms with Crippen molar-refractivity contribution < 1.29 is 0 Å². The molecule has 12 heavy (non-hydrogen) atoms. The number of thioether (sulfide) groups is 1. The van der Waals surface area contributed by atoms with Crippen molar-refractivity contribution in [2.45, 2.75) is 30.3 Å². The van der Waals surface area contributed by atoms with Gasteiger partial charge in [-0.15, -0.1) is 0 Å². The largest absolute Gasteiger partial charge is 0.179 e. The van der Waals surface area contributed by atoms with Crippen LogP contribution in [0.15, 0.2) is 0 Å². The third-order valence-corrected chi connectivity index (χ3v) is 4.97. The fourth-order valence-corrected chi connectivity index (χ4v) is 3.52. The maximum Gasteiger partial charge on any atom is 0.0252 e. The molecule has 4 heteroatoms. The lowest BCUT2D eigenvalue weighted by atomic mass is 10.2. The topological polar surface area (TPSA) is 0 Å². The van der Waals surface area contributed by atoms with Crippen molar-refractivity contribution in [2.24, 2.45) is 0 Å². The van der Waals surface area contributed by atoms with E-state index in [1.807, 2.05) is 11.8 Å². The molecule has 0 fully saturated rings. The Morgan fingerprint density at radius 1 is 1.33 bits per heavy atom. The van der Waals surface area contributed by atoms with E-state index in [9.17, 15) is 0 Å². The quantitative estimate of drug-likeness (QED) is 0.577. The highest BCUT2D eigenvalue weighted by Gasteiger charge is 2.15. The van der Waals surface area contributed by atoms with Crippen LogP contribution in [0.4, 0.5) is 0 Å². The Kier molecular flexibility index (Phi) is 10.0. The van der Waals surface area contributed by atoms with Gasteiger partial charge in [-0.1, -0.05) is 13.3 Å². The molecule has 0 spiro atoms. The molecule has 0 aromatic carbocycles. The van der Waals surface area contributed by atoms with Crippen molar-refractivity contribution in [3.05, 3.63) is 0 Å². The Labute approximate surface area is 96.9 Å². The standard InChI is InChI=1S/C8H18S4/c1-2-3-7(11)8(6-10)12-5-4-9/h7-11H,2-6H2,1H3. The highest BCUT2D eigenvalue weighted by molar-refractivity contribution is 8.02. The van der Waals surface area contributed by atoms with Crippen LogP contribution in [-0.2, 0) is 0 Å². The van der Waals surface area contributed by atoms with Gasteiger partial charge in [0.2, 0.25) is 0 Å². The summed E-state index contributed by atoms with van der Waals surface area (Å²) in [6.07, 6.45) is 2.40. The minimum Gasteiger partial charge on any atom is -0.179 e. The first-order valence-corrected chi connectivity index (χ1v) is 7.10. The Morgan fingerprint density at radius 3 is 2.42 bits per heavy atom. The summed E-state index contributed by atoms with van der Waals surface area (Å²) in [6, 6.07) is 0. The molecule has 74 valence electrons. The van der Waals surface area contributed by atoms with Crippen LogP contribution in [-0.4, -0.2) is 27.8 Å². The summed E-state index contributed by atoms with van der Waals surface area (Å²) < 4.78 is 0. The van der Waals surface area contributed by atoms with Crippen molar-refractivity contribution in [3.63, 3.8) is 0 Å². The molecule has 0 bridgehead atoms. The Hall–Kier alpha value is 1.40. The van der Waals surface area contributed by atoms with Gasteiger partial charge in [0, 0.05) is 22.0 Å². The first-order chi connectivity index (χ1) is 5.76. The highest BCUT2D eigenvalue weighted by atomic mass is 32.2. The maximum absolute atomic E-state index is 4.56. The average Bonchev–Trinajstić information content (AvgIpc) is 2.06. The first kappa shape index (κ1) is 13.4. The van der Waals surface area contributed by atoms with Gasteiger partial charge in [0.05, 0.1) is 0 Å². The molecule has 0 N–H and O–H groups in total. The van der Waals surface area contributed by atoms with Gasteiger partial charge in [0.15, 0.2) is 0 Å². The summed E-state index contributed by atoms with van der Waals surface area (Å²) >= 11 is 15.0. The number of rotatable bonds is 7.